The van der Waals surface area contributed by atoms with Crippen molar-refractivity contribution in [3.8, 4) is 33.4 Å². The van der Waals surface area contributed by atoms with Gasteiger partial charge in [-0.25, -0.2) is 0 Å². The van der Waals surface area contributed by atoms with E-state index in [0.29, 0.717) is 0 Å². The van der Waals surface area contributed by atoms with Crippen LogP contribution < -0.4 is 0 Å². The molecule has 11 rings (SSSR count). The molecule has 0 spiro atoms. The van der Waals surface area contributed by atoms with E-state index in [9.17, 15) is 0 Å². The first-order valence-corrected chi connectivity index (χ1v) is 21.7. The first-order valence-electron chi connectivity index (χ1n) is 20.8. The van der Waals surface area contributed by atoms with Crippen molar-refractivity contribution in [3.05, 3.63) is 192 Å². The van der Waals surface area contributed by atoms with E-state index in [1.807, 2.05) is 11.3 Å². The Labute approximate surface area is 349 Å². The van der Waals surface area contributed by atoms with Crippen LogP contribution in [0, 0.1) is 0 Å². The molecule has 284 valence electrons. The molecule has 0 atom stereocenters. The number of thiophene rings is 1. The molecule has 0 radical (unpaired) electrons. The highest BCUT2D eigenvalue weighted by atomic mass is 32.1. The zero-order valence-corrected chi connectivity index (χ0v) is 34.7. The van der Waals surface area contributed by atoms with E-state index in [1.165, 1.54) is 108 Å². The Bertz CT molecular complexity index is 3380. The summed E-state index contributed by atoms with van der Waals surface area (Å²) in [7, 11) is 0. The van der Waals surface area contributed by atoms with Gasteiger partial charge in [-0.2, -0.15) is 0 Å². The topological polar surface area (TPSA) is 13.1 Å². The van der Waals surface area contributed by atoms with Gasteiger partial charge in [0.1, 0.15) is 11.3 Å². The smallest absolute Gasteiger partial charge is 0.135 e. The summed E-state index contributed by atoms with van der Waals surface area (Å²) in [5.74, 6) is 1.12. The molecule has 0 N–H and O–H groups in total. The zero-order valence-electron chi connectivity index (χ0n) is 33.9. The minimum absolute atomic E-state index is 0.172. The third-order valence-corrected chi connectivity index (χ3v) is 14.0. The molecular formula is C57H44OS. The lowest BCUT2D eigenvalue weighted by Gasteiger charge is -2.23. The van der Waals surface area contributed by atoms with Gasteiger partial charge in [-0.05, 0) is 134 Å². The summed E-state index contributed by atoms with van der Waals surface area (Å²) >= 11 is 1.89. The lowest BCUT2D eigenvalue weighted by molar-refractivity contribution is 0.546. The first kappa shape index (κ1) is 35.7. The molecule has 0 amide bonds. The van der Waals surface area contributed by atoms with Crippen molar-refractivity contribution in [2.24, 2.45) is 0 Å². The van der Waals surface area contributed by atoms with Crippen LogP contribution in [0.4, 0.5) is 0 Å². The number of allylic oxidation sites excluding steroid dienone is 5. The van der Waals surface area contributed by atoms with Gasteiger partial charge in [0, 0.05) is 43.0 Å². The summed E-state index contributed by atoms with van der Waals surface area (Å²) in [6.07, 6.45) is 12.9. The lowest BCUT2D eigenvalue weighted by Crippen LogP contribution is -2.15. The van der Waals surface area contributed by atoms with E-state index in [4.69, 9.17) is 4.42 Å². The van der Waals surface area contributed by atoms with E-state index in [-0.39, 0.29) is 5.41 Å². The molecule has 0 unspecified atom stereocenters. The van der Waals surface area contributed by atoms with E-state index in [0.717, 1.165) is 24.2 Å². The monoisotopic (exact) mass is 776 g/mol. The zero-order chi connectivity index (χ0) is 39.8. The molecule has 2 heterocycles. The average Bonchev–Trinajstić information content (AvgIpc) is 3.90. The predicted molar refractivity (Wildman–Crippen MR) is 256 cm³/mol. The molecule has 2 aromatic heterocycles. The maximum atomic E-state index is 6.42. The maximum absolute atomic E-state index is 6.42. The number of fused-ring (bicyclic) bond motifs is 12. The number of hydrogen-bond acceptors (Lipinski definition) is 2. The van der Waals surface area contributed by atoms with Crippen LogP contribution >= 0.6 is 11.3 Å². The molecule has 0 fully saturated rings. The maximum Gasteiger partial charge on any atom is 0.135 e. The second kappa shape index (κ2) is 13.8. The Balaban J connectivity index is 0.995. The molecule has 2 heteroatoms. The van der Waals surface area contributed by atoms with Gasteiger partial charge in [0.2, 0.25) is 0 Å². The normalized spacial score (nSPS) is 14.4. The molecule has 0 saturated carbocycles. The van der Waals surface area contributed by atoms with Crippen LogP contribution in [0.15, 0.2) is 168 Å². The summed E-state index contributed by atoms with van der Waals surface area (Å²) in [4.78, 5) is 0. The highest BCUT2D eigenvalue weighted by molar-refractivity contribution is 7.26. The molecule has 2 aliphatic carbocycles. The van der Waals surface area contributed by atoms with E-state index in [2.05, 4.69) is 198 Å². The second-order valence-electron chi connectivity index (χ2n) is 16.7. The van der Waals surface area contributed by atoms with Crippen LogP contribution in [-0.4, -0.2) is 0 Å². The molecule has 1 nitrogen and oxygen atoms in total. The summed E-state index contributed by atoms with van der Waals surface area (Å²) in [6.45, 7) is 9.05. The van der Waals surface area contributed by atoms with Gasteiger partial charge in [-0.15, -0.1) is 11.3 Å². The highest BCUT2D eigenvalue weighted by Gasteiger charge is 2.36. The Morgan fingerprint density at radius 2 is 1.36 bits per heavy atom. The van der Waals surface area contributed by atoms with Crippen LogP contribution in [0.25, 0.3) is 97.7 Å². The molecule has 2 aliphatic rings. The third-order valence-electron chi connectivity index (χ3n) is 12.8. The van der Waals surface area contributed by atoms with Crippen molar-refractivity contribution in [1.82, 2.24) is 0 Å². The Kier molecular flexibility index (Phi) is 8.36. The van der Waals surface area contributed by atoms with Gasteiger partial charge in [-0.1, -0.05) is 147 Å². The number of benzene rings is 6. The van der Waals surface area contributed by atoms with E-state index in [1.54, 1.807) is 0 Å². The second-order valence-corrected chi connectivity index (χ2v) is 17.8. The molecule has 0 bridgehead atoms. The number of rotatable bonds is 4. The molecular weight excluding hydrogens is 733 g/mol. The van der Waals surface area contributed by atoms with Crippen molar-refractivity contribution in [2.45, 2.75) is 46.0 Å². The largest absolute Gasteiger partial charge is 0.460 e. The van der Waals surface area contributed by atoms with Gasteiger partial charge in [-0.3, -0.25) is 0 Å². The average molecular weight is 777 g/mol. The summed E-state index contributed by atoms with van der Waals surface area (Å²) in [6, 6.07) is 52.4. The van der Waals surface area contributed by atoms with Crippen molar-refractivity contribution < 1.29 is 4.42 Å². The van der Waals surface area contributed by atoms with Crippen LogP contribution in [-0.2, 0) is 11.8 Å². The quantitative estimate of drug-likeness (QED) is 0.162. The van der Waals surface area contributed by atoms with Crippen molar-refractivity contribution in [1.29, 1.82) is 0 Å². The Morgan fingerprint density at radius 1 is 0.627 bits per heavy atom. The van der Waals surface area contributed by atoms with E-state index < -0.39 is 0 Å². The van der Waals surface area contributed by atoms with Crippen molar-refractivity contribution >= 4 is 75.7 Å². The number of aryl methyl sites for hydroxylation is 1. The molecule has 7 aromatic carbocycles. The van der Waals surface area contributed by atoms with Gasteiger partial charge >= 0.3 is 0 Å². The minimum Gasteiger partial charge on any atom is -0.460 e. The van der Waals surface area contributed by atoms with Crippen LogP contribution in [0.5, 0.6) is 0 Å². The fourth-order valence-corrected chi connectivity index (χ4v) is 11.0. The number of hydrogen-bond donors (Lipinski definition) is 0. The molecule has 0 saturated heterocycles. The minimum atomic E-state index is -0.172. The van der Waals surface area contributed by atoms with Gasteiger partial charge in [0.15, 0.2) is 0 Å². The molecule has 59 heavy (non-hydrogen) atoms. The lowest BCUT2D eigenvalue weighted by atomic mass is 9.80. The predicted octanol–water partition coefficient (Wildman–Crippen LogP) is 16.8. The summed E-state index contributed by atoms with van der Waals surface area (Å²) in [5, 5.41) is 8.87. The first-order chi connectivity index (χ1) is 28.9. The standard InChI is InChI=1S/C57H44OS/c1-5-6-15-35(2)40-16-9-7-8-10-17-41(43-19-12-11-18-42(40)43)39-24-27-45-44-26-22-36(31-50(44)57(3,4)51(45)32-39)37-23-28-47-55(33-37)59-54-29-25-38-30-49-46-20-13-14-21-52(46)58-53(49)34-48(38)56(47)54/h5-13,15-20,22-34H,14,21H2,1-4H3/b6-5-,8-7?,9-7?,10-8?,16-9?,17-10?,35-15+,40-16?,41-17?,42-40?,43-41?. The third kappa shape index (κ3) is 5.73. The van der Waals surface area contributed by atoms with Gasteiger partial charge < -0.3 is 4.42 Å². The van der Waals surface area contributed by atoms with Crippen molar-refractivity contribution in [3.63, 3.8) is 0 Å². The highest BCUT2D eigenvalue weighted by Crippen LogP contribution is 2.51. The fraction of sp³-hybridized carbons (Fsp3) is 0.123. The van der Waals surface area contributed by atoms with Gasteiger partial charge in [0.05, 0.1) is 0 Å². The SMILES string of the molecule is C/C=C\C=C(/C)c1ccccccc(-c2ccc3c(c2)C(C)(C)c2cc(-c4ccc5c(c4)sc4ccc6cc7c8c(oc7cc6c45)CCC=C8)ccc2-3)c2ccccc12. The Morgan fingerprint density at radius 3 is 2.19 bits per heavy atom. The van der Waals surface area contributed by atoms with Gasteiger partial charge in [0.25, 0.3) is 0 Å². The molecule has 0 aliphatic heterocycles. The van der Waals surface area contributed by atoms with Crippen LogP contribution in [0.3, 0.4) is 0 Å². The number of furan rings is 1. The Hall–Kier alpha value is -6.48. The van der Waals surface area contributed by atoms with Crippen LogP contribution in [0.2, 0.25) is 0 Å². The fourth-order valence-electron chi connectivity index (χ4n) is 9.80. The molecule has 9 aromatic rings. The van der Waals surface area contributed by atoms with E-state index >= 15 is 0 Å². The van der Waals surface area contributed by atoms with Crippen LogP contribution in [0.1, 0.15) is 62.1 Å². The summed E-state index contributed by atoms with van der Waals surface area (Å²) in [5.41, 5.74) is 14.9. The van der Waals surface area contributed by atoms with Crippen molar-refractivity contribution in [2.75, 3.05) is 0 Å². The summed E-state index contributed by atoms with van der Waals surface area (Å²) < 4.78 is 9.05.